The molecule has 1 saturated carbocycles. The van der Waals surface area contributed by atoms with Crippen molar-refractivity contribution in [3.8, 4) is 0 Å². The third-order valence-electron chi connectivity index (χ3n) is 4.30. The molecule has 0 amide bonds. The molecular weight excluding hydrogens is 236 g/mol. The van der Waals surface area contributed by atoms with Gasteiger partial charge in [-0.1, -0.05) is 12.1 Å². The molecule has 1 aliphatic carbocycles. The number of ether oxygens (including phenoxy) is 1. The number of rotatable bonds is 7. The molecule has 0 spiro atoms. The zero-order valence-corrected chi connectivity index (χ0v) is 12.3. The van der Waals surface area contributed by atoms with E-state index in [0.717, 1.165) is 24.8 Å². The molecule has 2 N–H and O–H groups in total. The van der Waals surface area contributed by atoms with Gasteiger partial charge >= 0.3 is 0 Å². The highest BCUT2D eigenvalue weighted by atomic mass is 16.5. The molecule has 106 valence electrons. The first-order valence-electron chi connectivity index (χ1n) is 7.23. The molecule has 2 unspecified atom stereocenters. The lowest BCUT2D eigenvalue weighted by Crippen LogP contribution is -2.39. The van der Waals surface area contributed by atoms with Gasteiger partial charge in [-0.25, -0.2) is 0 Å². The highest BCUT2D eigenvalue weighted by Gasteiger charge is 2.34. The topological polar surface area (TPSA) is 38.5 Å². The largest absolute Gasteiger partial charge is 0.399 e. The van der Waals surface area contributed by atoms with Crippen LogP contribution >= 0.6 is 0 Å². The lowest BCUT2D eigenvalue weighted by molar-refractivity contribution is 0.0872. The fraction of sp³-hybridized carbons (Fsp3) is 0.625. The van der Waals surface area contributed by atoms with Gasteiger partial charge in [0.2, 0.25) is 0 Å². The predicted molar refractivity (Wildman–Crippen MR) is 80.0 cm³/mol. The first-order valence-corrected chi connectivity index (χ1v) is 7.23. The van der Waals surface area contributed by atoms with E-state index in [4.69, 9.17) is 10.5 Å². The Morgan fingerprint density at radius 2 is 1.89 bits per heavy atom. The van der Waals surface area contributed by atoms with Crippen LogP contribution in [-0.2, 0) is 4.74 Å². The molecule has 2 atom stereocenters. The van der Waals surface area contributed by atoms with Gasteiger partial charge < -0.3 is 10.5 Å². The normalized spacial score (nSPS) is 18.5. The summed E-state index contributed by atoms with van der Waals surface area (Å²) < 4.78 is 5.27. The highest BCUT2D eigenvalue weighted by molar-refractivity contribution is 5.40. The van der Waals surface area contributed by atoms with Crippen molar-refractivity contribution in [2.45, 2.75) is 38.8 Å². The fourth-order valence-corrected chi connectivity index (χ4v) is 2.76. The van der Waals surface area contributed by atoms with Crippen LogP contribution in [0.25, 0.3) is 0 Å². The minimum absolute atomic E-state index is 0.409. The minimum atomic E-state index is 0.409. The van der Waals surface area contributed by atoms with Crippen molar-refractivity contribution in [3.63, 3.8) is 0 Å². The number of hydrogen-bond acceptors (Lipinski definition) is 3. The Morgan fingerprint density at radius 1 is 1.26 bits per heavy atom. The second-order valence-corrected chi connectivity index (χ2v) is 5.65. The second kappa shape index (κ2) is 6.40. The molecule has 3 heteroatoms. The van der Waals surface area contributed by atoms with Crippen LogP contribution in [-0.4, -0.2) is 31.2 Å². The molecule has 0 aliphatic heterocycles. The lowest BCUT2D eigenvalue weighted by Gasteiger charge is -2.35. The molecular formula is C16H26N2O. The molecule has 19 heavy (non-hydrogen) atoms. The average Bonchev–Trinajstić information content (AvgIpc) is 3.23. The van der Waals surface area contributed by atoms with Gasteiger partial charge in [-0.15, -0.1) is 0 Å². The Kier molecular flexibility index (Phi) is 4.83. The maximum Gasteiger partial charge on any atom is 0.0590 e. The molecule has 0 aromatic heterocycles. The van der Waals surface area contributed by atoms with Crippen molar-refractivity contribution in [2.75, 3.05) is 26.0 Å². The number of nitrogens with two attached hydrogens (primary N) is 1. The van der Waals surface area contributed by atoms with E-state index in [9.17, 15) is 0 Å². The van der Waals surface area contributed by atoms with Gasteiger partial charge in [-0.3, -0.25) is 4.90 Å². The lowest BCUT2D eigenvalue weighted by atomic mass is 10.0. The van der Waals surface area contributed by atoms with E-state index in [0.29, 0.717) is 12.1 Å². The van der Waals surface area contributed by atoms with Crippen molar-refractivity contribution < 1.29 is 4.74 Å². The first kappa shape index (κ1) is 14.4. The Hall–Kier alpha value is -1.06. The van der Waals surface area contributed by atoms with E-state index in [1.807, 2.05) is 12.1 Å². The average molecular weight is 262 g/mol. The van der Waals surface area contributed by atoms with E-state index in [-0.39, 0.29) is 0 Å². The Labute approximate surface area is 116 Å². The summed E-state index contributed by atoms with van der Waals surface area (Å²) in [7, 11) is 1.77. The zero-order valence-electron chi connectivity index (χ0n) is 12.3. The van der Waals surface area contributed by atoms with Crippen molar-refractivity contribution in [1.29, 1.82) is 0 Å². The van der Waals surface area contributed by atoms with E-state index >= 15 is 0 Å². The highest BCUT2D eigenvalue weighted by Crippen LogP contribution is 2.38. The molecule has 0 saturated heterocycles. The molecule has 0 radical (unpaired) electrons. The molecule has 1 aromatic carbocycles. The number of methoxy groups -OCH3 is 1. The molecule has 2 rings (SSSR count). The summed E-state index contributed by atoms with van der Waals surface area (Å²) in [5.41, 5.74) is 7.93. The van der Waals surface area contributed by atoms with Gasteiger partial charge in [0.25, 0.3) is 0 Å². The quantitative estimate of drug-likeness (QED) is 0.767. The van der Waals surface area contributed by atoms with E-state index in [1.165, 1.54) is 18.4 Å². The fourth-order valence-electron chi connectivity index (χ4n) is 2.76. The Morgan fingerprint density at radius 3 is 2.42 bits per heavy atom. The maximum absolute atomic E-state index is 5.77. The summed E-state index contributed by atoms with van der Waals surface area (Å²) in [5.74, 6) is 0.869. The van der Waals surface area contributed by atoms with Gasteiger partial charge in [0.05, 0.1) is 6.61 Å². The number of anilines is 1. The molecule has 0 bridgehead atoms. The monoisotopic (exact) mass is 262 g/mol. The predicted octanol–water partition coefficient (Wildman–Crippen LogP) is 3.08. The van der Waals surface area contributed by atoms with Gasteiger partial charge in [0.15, 0.2) is 0 Å². The molecule has 1 aromatic rings. The van der Waals surface area contributed by atoms with Crippen LogP contribution in [0.15, 0.2) is 24.3 Å². The van der Waals surface area contributed by atoms with Crippen LogP contribution in [0.3, 0.4) is 0 Å². The Balaban J connectivity index is 2.09. The first-order chi connectivity index (χ1) is 9.13. The summed E-state index contributed by atoms with van der Waals surface area (Å²) in [6, 6.07) is 9.29. The van der Waals surface area contributed by atoms with Gasteiger partial charge in [-0.2, -0.15) is 0 Å². The summed E-state index contributed by atoms with van der Waals surface area (Å²) in [4.78, 5) is 2.56. The van der Waals surface area contributed by atoms with E-state index in [2.05, 4.69) is 30.9 Å². The Bertz CT molecular complexity index is 386. The van der Waals surface area contributed by atoms with Gasteiger partial charge in [0.1, 0.15) is 0 Å². The number of nitrogens with zero attached hydrogens (tertiary/aromatic N) is 1. The molecule has 0 heterocycles. The third kappa shape index (κ3) is 3.71. The summed E-state index contributed by atoms with van der Waals surface area (Å²) in [6.07, 6.45) is 2.75. The van der Waals surface area contributed by atoms with Crippen LogP contribution in [0, 0.1) is 5.92 Å². The van der Waals surface area contributed by atoms with Crippen LogP contribution in [0.4, 0.5) is 5.69 Å². The summed E-state index contributed by atoms with van der Waals surface area (Å²) in [6.45, 7) is 6.40. The number of benzene rings is 1. The van der Waals surface area contributed by atoms with Crippen molar-refractivity contribution in [2.24, 2.45) is 5.92 Å². The van der Waals surface area contributed by atoms with Crippen LogP contribution < -0.4 is 5.73 Å². The zero-order chi connectivity index (χ0) is 13.8. The molecule has 1 fully saturated rings. The molecule has 3 nitrogen and oxygen atoms in total. The second-order valence-electron chi connectivity index (χ2n) is 5.65. The minimum Gasteiger partial charge on any atom is -0.399 e. The standard InChI is InChI=1S/C16H26N2O/c1-12(14-4-5-14)18(10-11-19-3)13(2)15-6-8-16(17)9-7-15/h6-9,12-14H,4-5,10-11,17H2,1-3H3. The van der Waals surface area contributed by atoms with Crippen molar-refractivity contribution in [1.82, 2.24) is 4.90 Å². The van der Waals surface area contributed by atoms with Crippen molar-refractivity contribution in [3.05, 3.63) is 29.8 Å². The SMILES string of the molecule is COCCN(C(C)c1ccc(N)cc1)C(C)C1CC1. The van der Waals surface area contributed by atoms with Gasteiger partial charge in [0, 0.05) is 31.4 Å². The van der Waals surface area contributed by atoms with Crippen molar-refractivity contribution >= 4 is 5.69 Å². The summed E-state index contributed by atoms with van der Waals surface area (Å²) in [5, 5.41) is 0. The molecule has 1 aliphatic rings. The maximum atomic E-state index is 5.77. The van der Waals surface area contributed by atoms with E-state index < -0.39 is 0 Å². The van der Waals surface area contributed by atoms with E-state index in [1.54, 1.807) is 7.11 Å². The third-order valence-corrected chi connectivity index (χ3v) is 4.30. The number of nitrogen functional groups attached to an aromatic ring is 1. The van der Waals surface area contributed by atoms with Gasteiger partial charge in [-0.05, 0) is 50.3 Å². The van der Waals surface area contributed by atoms with Crippen LogP contribution in [0.2, 0.25) is 0 Å². The number of hydrogen-bond donors (Lipinski definition) is 1. The van der Waals surface area contributed by atoms with Crippen LogP contribution in [0.5, 0.6) is 0 Å². The summed E-state index contributed by atoms with van der Waals surface area (Å²) >= 11 is 0. The van der Waals surface area contributed by atoms with Crippen LogP contribution in [0.1, 0.15) is 38.3 Å². The smallest absolute Gasteiger partial charge is 0.0590 e.